The molecule has 0 N–H and O–H groups in total. The van der Waals surface area contributed by atoms with E-state index in [1.54, 1.807) is 0 Å². The smallest absolute Gasteiger partial charge is 0.213 e. The molecule has 0 spiro atoms. The number of hydrogen-bond acceptors (Lipinski definition) is 0. The Labute approximate surface area is 48.0 Å². The molecule has 5 heteroatoms. The highest BCUT2D eigenvalue weighted by Gasteiger charge is 2.29. The Hall–Kier alpha value is -0.610. The summed E-state index contributed by atoms with van der Waals surface area (Å²) in [5.41, 5.74) is 0. The van der Waals surface area contributed by atoms with Crippen LogP contribution < -0.4 is 0 Å². The predicted octanol–water partition coefficient (Wildman–Crippen LogP) is 2.72. The molecule has 0 aromatic heterocycles. The van der Waals surface area contributed by atoms with Crippen LogP contribution in [0.25, 0.3) is 0 Å². The zero-order chi connectivity index (χ0) is 7.49. The molecule has 0 unspecified atom stereocenters. The molecule has 9 heavy (non-hydrogen) atoms. The fraction of sp³-hybridized carbons (Fsp3) is 0.500. The van der Waals surface area contributed by atoms with Crippen molar-refractivity contribution >= 4 is 0 Å². The third-order valence-corrected chi connectivity index (χ3v) is 0.488. The van der Waals surface area contributed by atoms with Crippen molar-refractivity contribution < 1.29 is 22.0 Å². The molecule has 0 aromatic carbocycles. The third kappa shape index (κ3) is 5.26. The first kappa shape index (κ1) is 8.39. The van der Waals surface area contributed by atoms with Gasteiger partial charge in [-0.25, -0.2) is 8.78 Å². The second-order valence-corrected chi connectivity index (χ2v) is 1.35. The van der Waals surface area contributed by atoms with E-state index in [1.165, 1.54) is 0 Å². The first-order valence-corrected chi connectivity index (χ1v) is 1.97. The molecule has 0 saturated carbocycles. The highest BCUT2D eigenvalue weighted by Crippen LogP contribution is 2.24. The molecular weight excluding hydrogens is 143 g/mol. The summed E-state index contributed by atoms with van der Waals surface area (Å²) >= 11 is 0. The molecule has 0 rings (SSSR count). The van der Waals surface area contributed by atoms with Crippen molar-refractivity contribution in [3.8, 4) is 0 Å². The monoisotopic (exact) mass is 146 g/mol. The normalized spacial score (nSPS) is 14.1. The van der Waals surface area contributed by atoms with Crippen LogP contribution >= 0.6 is 0 Å². The van der Waals surface area contributed by atoms with E-state index < -0.39 is 24.8 Å². The quantitative estimate of drug-likeness (QED) is 0.499. The van der Waals surface area contributed by atoms with Gasteiger partial charge in [-0.3, -0.25) is 0 Å². The van der Waals surface area contributed by atoms with Gasteiger partial charge in [0, 0.05) is 0 Å². The Kier molecular flexibility index (Phi) is 2.61. The molecule has 0 nitrogen and oxygen atoms in total. The van der Waals surface area contributed by atoms with Crippen molar-refractivity contribution in [2.75, 3.05) is 0 Å². The van der Waals surface area contributed by atoms with E-state index in [0.29, 0.717) is 0 Å². The minimum atomic E-state index is -4.66. The molecular formula is C4H3F5. The summed E-state index contributed by atoms with van der Waals surface area (Å²) in [5, 5.41) is 0. The number of allylic oxidation sites excluding steroid dienone is 1. The maximum absolute atomic E-state index is 11.4. The summed E-state index contributed by atoms with van der Waals surface area (Å²) in [6.45, 7) is 0. The van der Waals surface area contributed by atoms with Gasteiger partial charge >= 0.3 is 6.18 Å². The number of halogens is 5. The fourth-order valence-electron chi connectivity index (χ4n) is 0.230. The lowest BCUT2D eigenvalue weighted by Crippen LogP contribution is -2.06. The SMILES string of the molecule is F/C=C(\F)CC(F)(F)F. The van der Waals surface area contributed by atoms with Crippen LogP contribution in [0.1, 0.15) is 6.42 Å². The molecule has 0 aliphatic rings. The van der Waals surface area contributed by atoms with Crippen LogP contribution in [0.3, 0.4) is 0 Å². The van der Waals surface area contributed by atoms with Gasteiger partial charge in [-0.05, 0) is 0 Å². The summed E-state index contributed by atoms with van der Waals surface area (Å²) in [6, 6.07) is 0. The van der Waals surface area contributed by atoms with Gasteiger partial charge in [0.1, 0.15) is 12.2 Å². The molecule has 0 atom stereocenters. The van der Waals surface area contributed by atoms with Crippen molar-refractivity contribution in [2.45, 2.75) is 12.6 Å². The summed E-state index contributed by atoms with van der Waals surface area (Å²) < 4.78 is 55.4. The van der Waals surface area contributed by atoms with Crippen molar-refractivity contribution in [3.05, 3.63) is 12.2 Å². The van der Waals surface area contributed by atoms with Gasteiger partial charge in [0.15, 0.2) is 0 Å². The van der Waals surface area contributed by atoms with E-state index in [2.05, 4.69) is 0 Å². The standard InChI is InChI=1S/C4H3F5/c5-2-3(6)1-4(7,8)9/h2H,1H2/b3-2-. The Morgan fingerprint density at radius 2 is 1.78 bits per heavy atom. The predicted molar refractivity (Wildman–Crippen MR) is 21.0 cm³/mol. The fourth-order valence-corrected chi connectivity index (χ4v) is 0.230. The average molecular weight is 146 g/mol. The highest BCUT2D eigenvalue weighted by atomic mass is 19.4. The van der Waals surface area contributed by atoms with Crippen molar-refractivity contribution in [3.63, 3.8) is 0 Å². The van der Waals surface area contributed by atoms with Crippen molar-refractivity contribution in [1.29, 1.82) is 0 Å². The number of hydrogen-bond donors (Lipinski definition) is 0. The maximum Gasteiger partial charge on any atom is 0.395 e. The minimum Gasteiger partial charge on any atom is -0.213 e. The molecule has 0 aliphatic carbocycles. The largest absolute Gasteiger partial charge is 0.395 e. The van der Waals surface area contributed by atoms with Crippen LogP contribution in [-0.4, -0.2) is 6.18 Å². The molecule has 0 aromatic rings. The molecule has 0 aliphatic heterocycles. The second kappa shape index (κ2) is 2.80. The minimum absolute atomic E-state index is 0.701. The van der Waals surface area contributed by atoms with E-state index in [-0.39, 0.29) is 0 Å². The highest BCUT2D eigenvalue weighted by molar-refractivity contribution is 4.87. The Balaban J connectivity index is 3.75. The second-order valence-electron chi connectivity index (χ2n) is 1.35. The van der Waals surface area contributed by atoms with Crippen LogP contribution in [0.4, 0.5) is 22.0 Å². The summed E-state index contributed by atoms with van der Waals surface area (Å²) in [6.07, 6.45) is -7.19. The summed E-state index contributed by atoms with van der Waals surface area (Å²) in [4.78, 5) is 0. The molecule has 0 bridgehead atoms. The molecule has 0 heterocycles. The van der Waals surface area contributed by atoms with Gasteiger partial charge < -0.3 is 0 Å². The summed E-state index contributed by atoms with van der Waals surface area (Å²) in [7, 11) is 0. The topological polar surface area (TPSA) is 0 Å². The zero-order valence-corrected chi connectivity index (χ0v) is 4.17. The van der Waals surface area contributed by atoms with Gasteiger partial charge in [0.2, 0.25) is 0 Å². The molecule has 0 fully saturated rings. The van der Waals surface area contributed by atoms with E-state index in [9.17, 15) is 22.0 Å². The Morgan fingerprint density at radius 3 is 1.89 bits per heavy atom. The van der Waals surface area contributed by atoms with Crippen LogP contribution in [-0.2, 0) is 0 Å². The first-order chi connectivity index (χ1) is 3.95. The van der Waals surface area contributed by atoms with E-state index in [0.717, 1.165) is 0 Å². The maximum atomic E-state index is 11.4. The third-order valence-electron chi connectivity index (χ3n) is 0.488. The van der Waals surface area contributed by atoms with Gasteiger partial charge in [-0.15, -0.1) is 0 Å². The van der Waals surface area contributed by atoms with Gasteiger partial charge in [0.25, 0.3) is 0 Å². The zero-order valence-electron chi connectivity index (χ0n) is 4.17. The average Bonchev–Trinajstić information content (AvgIpc) is 1.62. The molecule has 0 saturated heterocycles. The molecule has 54 valence electrons. The van der Waals surface area contributed by atoms with Gasteiger partial charge in [-0.2, -0.15) is 13.2 Å². The van der Waals surface area contributed by atoms with E-state index >= 15 is 0 Å². The van der Waals surface area contributed by atoms with Gasteiger partial charge in [0.05, 0.1) is 6.42 Å². The molecule has 0 amide bonds. The van der Waals surface area contributed by atoms with Crippen LogP contribution in [0.5, 0.6) is 0 Å². The van der Waals surface area contributed by atoms with Gasteiger partial charge in [-0.1, -0.05) is 0 Å². The van der Waals surface area contributed by atoms with Crippen molar-refractivity contribution in [1.82, 2.24) is 0 Å². The van der Waals surface area contributed by atoms with Crippen LogP contribution in [0, 0.1) is 0 Å². The lowest BCUT2D eigenvalue weighted by Gasteiger charge is -2.00. The lowest BCUT2D eigenvalue weighted by atomic mass is 10.4. The summed E-state index contributed by atoms with van der Waals surface area (Å²) in [5.74, 6) is -1.80. The van der Waals surface area contributed by atoms with E-state index in [1.807, 2.05) is 0 Å². The lowest BCUT2D eigenvalue weighted by molar-refractivity contribution is -0.130. The van der Waals surface area contributed by atoms with Crippen LogP contribution in [0.2, 0.25) is 0 Å². The number of rotatable bonds is 1. The van der Waals surface area contributed by atoms with Crippen molar-refractivity contribution in [2.24, 2.45) is 0 Å². The van der Waals surface area contributed by atoms with Crippen LogP contribution in [0.15, 0.2) is 12.2 Å². The number of alkyl halides is 3. The molecule has 0 radical (unpaired) electrons. The Morgan fingerprint density at radius 1 is 1.33 bits per heavy atom. The Bertz CT molecular complexity index is 111. The van der Waals surface area contributed by atoms with E-state index in [4.69, 9.17) is 0 Å². The first-order valence-electron chi connectivity index (χ1n) is 1.97.